The highest BCUT2D eigenvalue weighted by atomic mass is 15.1. The van der Waals surface area contributed by atoms with E-state index in [4.69, 9.17) is 12.2 Å². The molecule has 0 rings (SSSR count). The van der Waals surface area contributed by atoms with E-state index in [1.807, 2.05) is 13.8 Å². The Kier molecular flexibility index (Phi) is 5.77. The maximum Gasteiger partial charge on any atom is 0.0598 e. The van der Waals surface area contributed by atoms with Crippen LogP contribution < -0.4 is 5.73 Å². The first-order valence-electron chi connectivity index (χ1n) is 4.94. The summed E-state index contributed by atoms with van der Waals surface area (Å²) >= 11 is 0. The number of terminal acetylenes is 1. The second kappa shape index (κ2) is 6.01. The van der Waals surface area contributed by atoms with Crippen molar-refractivity contribution < 1.29 is 0 Å². The normalized spacial score (nSPS) is 11.7. The third-order valence-electron chi connectivity index (χ3n) is 1.93. The lowest BCUT2D eigenvalue weighted by Gasteiger charge is -2.24. The molecule has 2 N–H and O–H groups in total. The van der Waals surface area contributed by atoms with Gasteiger partial charge in [0.05, 0.1) is 6.54 Å². The molecule has 0 aromatic rings. The molecule has 0 bridgehead atoms. The summed E-state index contributed by atoms with van der Waals surface area (Å²) in [6.45, 7) is 9.07. The average Bonchev–Trinajstić information content (AvgIpc) is 2.00. The Morgan fingerprint density at radius 2 is 2.00 bits per heavy atom. The van der Waals surface area contributed by atoms with Gasteiger partial charge in [0.15, 0.2) is 0 Å². The molecule has 13 heavy (non-hydrogen) atoms. The second-order valence-corrected chi connectivity index (χ2v) is 4.22. The Morgan fingerprint density at radius 1 is 1.38 bits per heavy atom. The first-order valence-corrected chi connectivity index (χ1v) is 4.94. The first kappa shape index (κ1) is 12.5. The first-order chi connectivity index (χ1) is 5.99. The molecule has 2 heteroatoms. The SMILES string of the molecule is C#CCN(CCC)CCC(C)(C)N. The summed E-state index contributed by atoms with van der Waals surface area (Å²) in [5.74, 6) is 2.67. The van der Waals surface area contributed by atoms with E-state index in [0.717, 1.165) is 32.5 Å². The zero-order chi connectivity index (χ0) is 10.3. The number of nitrogens with two attached hydrogens (primary N) is 1. The van der Waals surface area contributed by atoms with Gasteiger partial charge in [-0.2, -0.15) is 0 Å². The van der Waals surface area contributed by atoms with Crippen molar-refractivity contribution >= 4 is 0 Å². The fourth-order valence-corrected chi connectivity index (χ4v) is 1.16. The van der Waals surface area contributed by atoms with Crippen molar-refractivity contribution in [1.29, 1.82) is 0 Å². The van der Waals surface area contributed by atoms with Gasteiger partial charge >= 0.3 is 0 Å². The molecule has 0 spiro atoms. The predicted octanol–water partition coefficient (Wildman–Crippen LogP) is 1.46. The van der Waals surface area contributed by atoms with Crippen LogP contribution in [0.4, 0.5) is 0 Å². The minimum Gasteiger partial charge on any atom is -0.326 e. The molecule has 0 heterocycles. The summed E-state index contributed by atoms with van der Waals surface area (Å²) in [4.78, 5) is 2.27. The number of nitrogens with zero attached hydrogens (tertiary/aromatic N) is 1. The Bertz CT molecular complexity index is 162. The third kappa shape index (κ3) is 7.83. The Labute approximate surface area is 82.5 Å². The van der Waals surface area contributed by atoms with Crippen LogP contribution in [0.15, 0.2) is 0 Å². The molecule has 0 aliphatic heterocycles. The van der Waals surface area contributed by atoms with Crippen molar-refractivity contribution in [1.82, 2.24) is 4.90 Å². The fraction of sp³-hybridized carbons (Fsp3) is 0.818. The molecule has 0 unspecified atom stereocenters. The summed E-state index contributed by atoms with van der Waals surface area (Å²) < 4.78 is 0. The third-order valence-corrected chi connectivity index (χ3v) is 1.93. The number of hydrogen-bond acceptors (Lipinski definition) is 2. The molecule has 2 nitrogen and oxygen atoms in total. The molecule has 0 aliphatic rings. The highest BCUT2D eigenvalue weighted by Gasteiger charge is 2.12. The van der Waals surface area contributed by atoms with Crippen LogP contribution in [0.2, 0.25) is 0 Å². The Hall–Kier alpha value is -0.520. The van der Waals surface area contributed by atoms with E-state index in [1.54, 1.807) is 0 Å². The van der Waals surface area contributed by atoms with Crippen LogP contribution in [0.3, 0.4) is 0 Å². The van der Waals surface area contributed by atoms with Crippen molar-refractivity contribution in [3.8, 4) is 12.3 Å². The van der Waals surface area contributed by atoms with E-state index in [1.165, 1.54) is 0 Å². The minimum atomic E-state index is -0.0827. The second-order valence-electron chi connectivity index (χ2n) is 4.22. The van der Waals surface area contributed by atoms with Gasteiger partial charge in [0.1, 0.15) is 0 Å². The number of rotatable bonds is 6. The summed E-state index contributed by atoms with van der Waals surface area (Å²) in [7, 11) is 0. The largest absolute Gasteiger partial charge is 0.326 e. The van der Waals surface area contributed by atoms with E-state index in [9.17, 15) is 0 Å². The molecular weight excluding hydrogens is 160 g/mol. The maximum atomic E-state index is 5.90. The van der Waals surface area contributed by atoms with Gasteiger partial charge in [-0.15, -0.1) is 6.42 Å². The average molecular weight is 182 g/mol. The minimum absolute atomic E-state index is 0.0827. The van der Waals surface area contributed by atoms with Gasteiger partial charge in [-0.05, 0) is 33.2 Å². The van der Waals surface area contributed by atoms with Crippen molar-refractivity contribution in [2.75, 3.05) is 19.6 Å². The van der Waals surface area contributed by atoms with E-state index in [0.29, 0.717) is 0 Å². The van der Waals surface area contributed by atoms with Gasteiger partial charge < -0.3 is 5.73 Å². The molecule has 0 amide bonds. The molecule has 76 valence electrons. The van der Waals surface area contributed by atoms with Gasteiger partial charge in [0, 0.05) is 12.1 Å². The summed E-state index contributed by atoms with van der Waals surface area (Å²) in [5.41, 5.74) is 5.81. The van der Waals surface area contributed by atoms with E-state index in [2.05, 4.69) is 17.7 Å². The maximum absolute atomic E-state index is 5.90. The van der Waals surface area contributed by atoms with Gasteiger partial charge in [0.25, 0.3) is 0 Å². The zero-order valence-corrected chi connectivity index (χ0v) is 9.14. The van der Waals surface area contributed by atoms with Gasteiger partial charge in [-0.3, -0.25) is 4.90 Å². The standard InChI is InChI=1S/C11H22N2/c1-5-8-13(9-6-2)10-7-11(3,4)12/h1H,6-10,12H2,2-4H3. The zero-order valence-electron chi connectivity index (χ0n) is 9.14. The molecule has 0 radical (unpaired) electrons. The van der Waals surface area contributed by atoms with Crippen LogP contribution in [0.5, 0.6) is 0 Å². The number of hydrogen-bond donors (Lipinski definition) is 1. The predicted molar refractivity (Wildman–Crippen MR) is 58.4 cm³/mol. The van der Waals surface area contributed by atoms with E-state index < -0.39 is 0 Å². The molecule has 0 aromatic carbocycles. The molecule has 0 saturated carbocycles. The van der Waals surface area contributed by atoms with Crippen molar-refractivity contribution in [2.45, 2.75) is 39.2 Å². The monoisotopic (exact) mass is 182 g/mol. The van der Waals surface area contributed by atoms with Gasteiger partial charge in [-0.25, -0.2) is 0 Å². The van der Waals surface area contributed by atoms with Crippen molar-refractivity contribution in [3.05, 3.63) is 0 Å². The molecule has 0 saturated heterocycles. The lowest BCUT2D eigenvalue weighted by Crippen LogP contribution is -2.37. The molecule has 0 aliphatic carbocycles. The van der Waals surface area contributed by atoms with Crippen LogP contribution >= 0.6 is 0 Å². The Morgan fingerprint density at radius 3 is 2.38 bits per heavy atom. The van der Waals surface area contributed by atoms with Crippen LogP contribution in [0, 0.1) is 12.3 Å². The van der Waals surface area contributed by atoms with Gasteiger partial charge in [0.2, 0.25) is 0 Å². The summed E-state index contributed by atoms with van der Waals surface area (Å²) in [5, 5.41) is 0. The van der Waals surface area contributed by atoms with Gasteiger partial charge in [-0.1, -0.05) is 12.8 Å². The molecule has 0 aromatic heterocycles. The quantitative estimate of drug-likeness (QED) is 0.630. The topological polar surface area (TPSA) is 29.3 Å². The summed E-state index contributed by atoms with van der Waals surface area (Å²) in [6, 6.07) is 0. The molecular formula is C11H22N2. The van der Waals surface area contributed by atoms with E-state index >= 15 is 0 Å². The highest BCUT2D eigenvalue weighted by molar-refractivity contribution is 4.88. The lowest BCUT2D eigenvalue weighted by molar-refractivity contribution is 0.275. The van der Waals surface area contributed by atoms with Crippen LogP contribution in [0.1, 0.15) is 33.6 Å². The Balaban J connectivity index is 3.76. The summed E-state index contributed by atoms with van der Waals surface area (Å²) in [6.07, 6.45) is 7.42. The van der Waals surface area contributed by atoms with Crippen LogP contribution in [-0.4, -0.2) is 30.1 Å². The van der Waals surface area contributed by atoms with Crippen molar-refractivity contribution in [3.63, 3.8) is 0 Å². The van der Waals surface area contributed by atoms with Crippen molar-refractivity contribution in [2.24, 2.45) is 5.73 Å². The fourth-order valence-electron chi connectivity index (χ4n) is 1.16. The molecule has 0 fully saturated rings. The van der Waals surface area contributed by atoms with Crippen LogP contribution in [0.25, 0.3) is 0 Å². The van der Waals surface area contributed by atoms with E-state index in [-0.39, 0.29) is 5.54 Å². The molecule has 0 atom stereocenters. The highest BCUT2D eigenvalue weighted by Crippen LogP contribution is 2.05. The smallest absolute Gasteiger partial charge is 0.0598 e. The van der Waals surface area contributed by atoms with Crippen LogP contribution in [-0.2, 0) is 0 Å². The lowest BCUT2D eigenvalue weighted by atomic mass is 10.0.